The van der Waals surface area contributed by atoms with Crippen LogP contribution >= 0.6 is 0 Å². The van der Waals surface area contributed by atoms with Gasteiger partial charge in [0.05, 0.1) is 0 Å². The van der Waals surface area contributed by atoms with Crippen molar-refractivity contribution in [3.8, 4) is 11.5 Å². The van der Waals surface area contributed by atoms with Crippen LogP contribution in [0, 0.1) is 0 Å². The molecule has 2 rings (SSSR count). The number of carbonyl (C=O) groups excluding carboxylic acids is 1. The Morgan fingerprint density at radius 3 is 1.43 bits per heavy atom. The van der Waals surface area contributed by atoms with Crippen molar-refractivity contribution in [3.05, 3.63) is 47.5 Å². The smallest absolute Gasteiger partial charge is 0.429 e. The van der Waals surface area contributed by atoms with Crippen LogP contribution in [-0.4, -0.2) is 18.9 Å². The number of rotatable bonds is 6. The average molecular weight is 440 g/mol. The Morgan fingerprint density at radius 2 is 1.10 bits per heavy atom. The molecular weight excluding hydrogens is 426 g/mol. The summed E-state index contributed by atoms with van der Waals surface area (Å²) in [5.41, 5.74) is 10.7. The van der Waals surface area contributed by atoms with E-state index in [1.165, 1.54) is 0 Å². The molecule has 0 aliphatic carbocycles. The first-order valence-electron chi connectivity index (χ1n) is 7.90. The first-order valence-corrected chi connectivity index (χ1v) is 7.90. The summed E-state index contributed by atoms with van der Waals surface area (Å²) in [7, 11) is 0. The molecule has 0 aliphatic rings. The Balaban J connectivity index is 2.02. The molecule has 0 amide bonds. The maximum Gasteiger partial charge on any atom is 0.573 e. The van der Waals surface area contributed by atoms with Crippen LogP contribution in [0.3, 0.4) is 0 Å². The Labute approximate surface area is 165 Å². The summed E-state index contributed by atoms with van der Waals surface area (Å²) < 4.78 is 91.5. The van der Waals surface area contributed by atoms with Gasteiger partial charge in [-0.2, -0.15) is 0 Å². The molecule has 164 valence electrons. The maximum absolute atomic E-state index is 12.4. The Hall–Kier alpha value is -3.51. The standard InChI is InChI=1S/C17H14F6N2O5/c18-16(19,20)29-13-3-1-11(24)5-9(13)7-27-15(26)28-8-10-6-12(25)2-4-14(10)30-17(21,22)23/h1-6H,7-8,24-25H2. The first kappa shape index (κ1) is 22.8. The normalized spacial score (nSPS) is 11.7. The highest BCUT2D eigenvalue weighted by molar-refractivity contribution is 5.61. The van der Waals surface area contributed by atoms with Crippen molar-refractivity contribution >= 4 is 17.5 Å². The third-order valence-corrected chi connectivity index (χ3v) is 3.31. The number of alkyl halides is 6. The predicted molar refractivity (Wildman–Crippen MR) is 90.0 cm³/mol. The second kappa shape index (κ2) is 8.88. The van der Waals surface area contributed by atoms with Gasteiger partial charge >= 0.3 is 18.9 Å². The molecule has 30 heavy (non-hydrogen) atoms. The van der Waals surface area contributed by atoms with E-state index in [0.717, 1.165) is 36.4 Å². The van der Waals surface area contributed by atoms with Gasteiger partial charge in [-0.1, -0.05) is 0 Å². The van der Waals surface area contributed by atoms with Crippen molar-refractivity contribution < 1.29 is 50.1 Å². The molecule has 0 saturated heterocycles. The Kier molecular flexibility index (Phi) is 6.74. The zero-order valence-electron chi connectivity index (χ0n) is 14.8. The van der Waals surface area contributed by atoms with E-state index in [1.807, 2.05) is 0 Å². The molecular formula is C17H14F6N2O5. The lowest BCUT2D eigenvalue weighted by atomic mass is 10.2. The number of anilines is 2. The van der Waals surface area contributed by atoms with Crippen LogP contribution in [0.5, 0.6) is 11.5 Å². The van der Waals surface area contributed by atoms with Gasteiger partial charge < -0.3 is 30.4 Å². The molecule has 0 aromatic heterocycles. The third-order valence-electron chi connectivity index (χ3n) is 3.31. The van der Waals surface area contributed by atoms with E-state index in [0.29, 0.717) is 0 Å². The molecule has 7 nitrogen and oxygen atoms in total. The molecule has 0 radical (unpaired) electrons. The molecule has 0 saturated carbocycles. The van der Waals surface area contributed by atoms with Crippen LogP contribution in [0.2, 0.25) is 0 Å². The van der Waals surface area contributed by atoms with Gasteiger partial charge in [0.2, 0.25) is 0 Å². The van der Waals surface area contributed by atoms with Gasteiger partial charge in [0.15, 0.2) is 0 Å². The van der Waals surface area contributed by atoms with Crippen molar-refractivity contribution in [3.63, 3.8) is 0 Å². The fourth-order valence-electron chi connectivity index (χ4n) is 2.19. The van der Waals surface area contributed by atoms with Crippen LogP contribution in [-0.2, 0) is 22.7 Å². The van der Waals surface area contributed by atoms with Gasteiger partial charge in [0, 0.05) is 22.5 Å². The molecule has 0 aliphatic heterocycles. The highest BCUT2D eigenvalue weighted by Gasteiger charge is 2.33. The minimum atomic E-state index is -4.99. The van der Waals surface area contributed by atoms with Crippen LogP contribution < -0.4 is 20.9 Å². The fourth-order valence-corrected chi connectivity index (χ4v) is 2.19. The maximum atomic E-state index is 12.4. The molecule has 4 N–H and O–H groups in total. The predicted octanol–water partition coefficient (Wildman–Crippen LogP) is 4.50. The molecule has 0 unspecified atom stereocenters. The monoisotopic (exact) mass is 440 g/mol. The van der Waals surface area contributed by atoms with Crippen LogP contribution in [0.15, 0.2) is 36.4 Å². The second-order valence-electron chi connectivity index (χ2n) is 5.66. The summed E-state index contributed by atoms with van der Waals surface area (Å²) in [6.07, 6.45) is -11.4. The largest absolute Gasteiger partial charge is 0.573 e. The lowest BCUT2D eigenvalue weighted by molar-refractivity contribution is -0.276. The molecule has 0 spiro atoms. The zero-order chi connectivity index (χ0) is 22.5. The Morgan fingerprint density at radius 1 is 0.733 bits per heavy atom. The summed E-state index contributed by atoms with van der Waals surface area (Å²) in [4.78, 5) is 11.7. The SMILES string of the molecule is Nc1ccc(OC(F)(F)F)c(COC(=O)OCc2cc(N)ccc2OC(F)(F)F)c1. The lowest BCUT2D eigenvalue weighted by Crippen LogP contribution is -2.19. The van der Waals surface area contributed by atoms with E-state index in [4.69, 9.17) is 11.5 Å². The summed E-state index contributed by atoms with van der Waals surface area (Å²) in [6.45, 7) is -1.42. The Bertz CT molecular complexity index is 830. The van der Waals surface area contributed by atoms with Crippen molar-refractivity contribution in [1.82, 2.24) is 0 Å². The van der Waals surface area contributed by atoms with Gasteiger partial charge in [-0.3, -0.25) is 0 Å². The number of ether oxygens (including phenoxy) is 4. The molecule has 2 aromatic carbocycles. The summed E-state index contributed by atoms with van der Waals surface area (Å²) in [5.74, 6) is -1.30. The van der Waals surface area contributed by atoms with E-state index in [1.54, 1.807) is 0 Å². The lowest BCUT2D eigenvalue weighted by Gasteiger charge is -2.15. The van der Waals surface area contributed by atoms with Gasteiger partial charge in [-0.25, -0.2) is 4.79 Å². The van der Waals surface area contributed by atoms with Crippen molar-refractivity contribution in [2.45, 2.75) is 25.9 Å². The quantitative estimate of drug-likeness (QED) is 0.387. The average Bonchev–Trinajstić information content (AvgIpc) is 2.60. The summed E-state index contributed by atoms with van der Waals surface area (Å²) in [5, 5.41) is 0. The highest BCUT2D eigenvalue weighted by Crippen LogP contribution is 2.30. The first-order chi connectivity index (χ1) is 13.8. The fraction of sp³-hybridized carbons (Fsp3) is 0.235. The minimum absolute atomic E-state index is 0.0743. The van der Waals surface area contributed by atoms with Crippen molar-refractivity contribution in [2.24, 2.45) is 0 Å². The molecule has 0 atom stereocenters. The van der Waals surface area contributed by atoms with Crippen molar-refractivity contribution in [2.75, 3.05) is 11.5 Å². The van der Waals surface area contributed by atoms with Crippen LogP contribution in [0.1, 0.15) is 11.1 Å². The third kappa shape index (κ3) is 7.48. The summed E-state index contributed by atoms with van der Waals surface area (Å²) in [6, 6.07) is 6.32. The molecule has 2 aromatic rings. The zero-order valence-corrected chi connectivity index (χ0v) is 14.8. The van der Waals surface area contributed by atoms with E-state index in [9.17, 15) is 31.1 Å². The van der Waals surface area contributed by atoms with Gasteiger partial charge in [-0.05, 0) is 36.4 Å². The molecule has 0 bridgehead atoms. The summed E-state index contributed by atoms with van der Waals surface area (Å²) >= 11 is 0. The van der Waals surface area contributed by atoms with Gasteiger partial charge in [0.25, 0.3) is 0 Å². The number of nitrogens with two attached hydrogens (primary N) is 2. The van der Waals surface area contributed by atoms with Crippen LogP contribution in [0.4, 0.5) is 42.5 Å². The number of hydrogen-bond acceptors (Lipinski definition) is 7. The number of nitrogen functional groups attached to an aromatic ring is 2. The highest BCUT2D eigenvalue weighted by atomic mass is 19.4. The number of halogens is 6. The second-order valence-corrected chi connectivity index (χ2v) is 5.66. The van der Waals surface area contributed by atoms with E-state index in [2.05, 4.69) is 18.9 Å². The van der Waals surface area contributed by atoms with Gasteiger partial charge in [-0.15, -0.1) is 26.3 Å². The number of carbonyl (C=O) groups is 1. The topological polar surface area (TPSA) is 106 Å². The van der Waals surface area contributed by atoms with Gasteiger partial charge in [0.1, 0.15) is 24.7 Å². The molecule has 0 fully saturated rings. The molecule has 13 heteroatoms. The molecule has 0 heterocycles. The van der Waals surface area contributed by atoms with E-state index < -0.39 is 43.6 Å². The van der Waals surface area contributed by atoms with E-state index >= 15 is 0 Å². The van der Waals surface area contributed by atoms with E-state index in [-0.39, 0.29) is 22.5 Å². The number of hydrogen-bond donors (Lipinski definition) is 2. The van der Waals surface area contributed by atoms with Crippen LogP contribution in [0.25, 0.3) is 0 Å². The van der Waals surface area contributed by atoms with Crippen molar-refractivity contribution in [1.29, 1.82) is 0 Å². The number of benzene rings is 2. The minimum Gasteiger partial charge on any atom is -0.429 e.